The maximum Gasteiger partial charge on any atom is 0.222 e. The standard InChI is InChI=1S/C20H37NO/c1-21-19(17-16-18-12-8-7-9-13-18)14-10-5-3-2-4-6-11-15-20(21)22/h18-19H,2-17H2,1H3. The van der Waals surface area contributed by atoms with Gasteiger partial charge in [0.05, 0.1) is 0 Å². The SMILES string of the molecule is CN1C(=O)CCCCCCCCCC1CCC1CCCCC1. The molecular formula is C20H37NO. The van der Waals surface area contributed by atoms with Gasteiger partial charge >= 0.3 is 0 Å². The second-order valence-electron chi connectivity index (χ2n) is 7.75. The fraction of sp³-hybridized carbons (Fsp3) is 0.950. The molecule has 1 amide bonds. The summed E-state index contributed by atoms with van der Waals surface area (Å²) in [4.78, 5) is 14.5. The highest BCUT2D eigenvalue weighted by Gasteiger charge is 2.22. The molecule has 1 saturated carbocycles. The van der Waals surface area contributed by atoms with Gasteiger partial charge in [0.25, 0.3) is 0 Å². The first-order valence-electron chi connectivity index (χ1n) is 10.0. The van der Waals surface area contributed by atoms with Crippen molar-refractivity contribution in [1.82, 2.24) is 4.90 Å². The molecular weight excluding hydrogens is 270 g/mol. The van der Waals surface area contributed by atoms with Gasteiger partial charge in [-0.2, -0.15) is 0 Å². The van der Waals surface area contributed by atoms with E-state index in [2.05, 4.69) is 11.9 Å². The molecule has 1 aliphatic heterocycles. The van der Waals surface area contributed by atoms with Crippen LogP contribution < -0.4 is 0 Å². The predicted octanol–water partition coefficient (Wildman–Crippen LogP) is 5.70. The Kier molecular flexibility index (Phi) is 8.33. The Balaban J connectivity index is 1.83. The van der Waals surface area contributed by atoms with Crippen LogP contribution in [-0.2, 0) is 4.79 Å². The lowest BCUT2D eigenvalue weighted by Gasteiger charge is -2.31. The monoisotopic (exact) mass is 307 g/mol. The molecule has 2 aliphatic rings. The molecule has 1 atom stereocenters. The topological polar surface area (TPSA) is 20.3 Å². The first-order valence-corrected chi connectivity index (χ1v) is 10.0. The van der Waals surface area contributed by atoms with E-state index in [9.17, 15) is 4.79 Å². The summed E-state index contributed by atoms with van der Waals surface area (Å²) in [7, 11) is 2.07. The molecule has 0 N–H and O–H groups in total. The van der Waals surface area contributed by atoms with E-state index in [1.54, 1.807) is 0 Å². The summed E-state index contributed by atoms with van der Waals surface area (Å²) < 4.78 is 0. The summed E-state index contributed by atoms with van der Waals surface area (Å²) >= 11 is 0. The summed E-state index contributed by atoms with van der Waals surface area (Å²) in [6.07, 6.45) is 20.9. The quantitative estimate of drug-likeness (QED) is 0.655. The molecule has 2 nitrogen and oxygen atoms in total. The fourth-order valence-corrected chi connectivity index (χ4v) is 4.36. The Morgan fingerprint density at radius 1 is 0.773 bits per heavy atom. The van der Waals surface area contributed by atoms with E-state index in [1.807, 2.05) is 0 Å². The first kappa shape index (κ1) is 17.8. The van der Waals surface area contributed by atoms with Crippen molar-refractivity contribution < 1.29 is 4.79 Å². The van der Waals surface area contributed by atoms with Gasteiger partial charge in [0.15, 0.2) is 0 Å². The van der Waals surface area contributed by atoms with E-state index in [0.29, 0.717) is 11.9 Å². The summed E-state index contributed by atoms with van der Waals surface area (Å²) in [6.45, 7) is 0. The van der Waals surface area contributed by atoms with E-state index in [4.69, 9.17) is 0 Å². The highest BCUT2D eigenvalue weighted by atomic mass is 16.2. The third kappa shape index (κ3) is 6.30. The highest BCUT2D eigenvalue weighted by molar-refractivity contribution is 5.76. The van der Waals surface area contributed by atoms with Crippen molar-refractivity contribution in [1.29, 1.82) is 0 Å². The van der Waals surface area contributed by atoms with Gasteiger partial charge in [0.1, 0.15) is 0 Å². The van der Waals surface area contributed by atoms with Gasteiger partial charge in [-0.3, -0.25) is 4.79 Å². The molecule has 0 radical (unpaired) electrons. The molecule has 2 fully saturated rings. The molecule has 1 unspecified atom stereocenters. The van der Waals surface area contributed by atoms with Crippen LogP contribution in [-0.4, -0.2) is 23.9 Å². The minimum absolute atomic E-state index is 0.397. The normalized spacial score (nSPS) is 27.2. The number of carbonyl (C=O) groups is 1. The zero-order valence-electron chi connectivity index (χ0n) is 14.8. The van der Waals surface area contributed by atoms with Gasteiger partial charge in [-0.1, -0.05) is 70.6 Å². The van der Waals surface area contributed by atoms with Crippen molar-refractivity contribution in [2.24, 2.45) is 5.92 Å². The van der Waals surface area contributed by atoms with E-state index in [1.165, 1.54) is 89.9 Å². The van der Waals surface area contributed by atoms with Gasteiger partial charge in [-0.05, 0) is 31.6 Å². The second kappa shape index (κ2) is 10.3. The summed E-state index contributed by atoms with van der Waals surface area (Å²) in [6, 6.07) is 0.508. The molecule has 0 bridgehead atoms. The molecule has 2 rings (SSSR count). The number of nitrogens with zero attached hydrogens (tertiary/aromatic N) is 1. The molecule has 22 heavy (non-hydrogen) atoms. The first-order chi connectivity index (χ1) is 10.8. The lowest BCUT2D eigenvalue weighted by Crippen LogP contribution is -2.37. The minimum Gasteiger partial charge on any atom is -0.343 e. The smallest absolute Gasteiger partial charge is 0.222 e. The van der Waals surface area contributed by atoms with Crippen LogP contribution in [0.3, 0.4) is 0 Å². The van der Waals surface area contributed by atoms with E-state index < -0.39 is 0 Å². The van der Waals surface area contributed by atoms with E-state index in [0.717, 1.165) is 18.8 Å². The fourth-order valence-electron chi connectivity index (χ4n) is 4.36. The Bertz CT molecular complexity index is 309. The molecule has 1 saturated heterocycles. The van der Waals surface area contributed by atoms with Crippen LogP contribution in [0.25, 0.3) is 0 Å². The molecule has 1 aliphatic carbocycles. The lowest BCUT2D eigenvalue weighted by atomic mass is 9.84. The number of hydrogen-bond donors (Lipinski definition) is 0. The molecule has 0 spiro atoms. The van der Waals surface area contributed by atoms with Crippen LogP contribution in [0, 0.1) is 5.92 Å². The average Bonchev–Trinajstić information content (AvgIpc) is 2.55. The lowest BCUT2D eigenvalue weighted by molar-refractivity contribution is -0.132. The number of hydrogen-bond acceptors (Lipinski definition) is 1. The number of carbonyl (C=O) groups excluding carboxylic acids is 1. The molecule has 0 aromatic carbocycles. The Labute approximate surface area is 138 Å². The van der Waals surface area contributed by atoms with Crippen LogP contribution in [0.4, 0.5) is 0 Å². The zero-order valence-corrected chi connectivity index (χ0v) is 14.8. The molecule has 0 aromatic heterocycles. The third-order valence-electron chi connectivity index (χ3n) is 6.00. The van der Waals surface area contributed by atoms with Crippen molar-refractivity contribution in [3.05, 3.63) is 0 Å². The van der Waals surface area contributed by atoms with Gasteiger partial charge in [0, 0.05) is 19.5 Å². The van der Waals surface area contributed by atoms with Gasteiger partial charge in [-0.25, -0.2) is 0 Å². The van der Waals surface area contributed by atoms with Gasteiger partial charge < -0.3 is 4.90 Å². The van der Waals surface area contributed by atoms with Crippen LogP contribution in [0.1, 0.15) is 103 Å². The molecule has 1 heterocycles. The molecule has 128 valence electrons. The Morgan fingerprint density at radius 2 is 1.32 bits per heavy atom. The van der Waals surface area contributed by atoms with Crippen molar-refractivity contribution in [3.63, 3.8) is 0 Å². The minimum atomic E-state index is 0.397. The average molecular weight is 308 g/mol. The van der Waals surface area contributed by atoms with Crippen LogP contribution in [0.15, 0.2) is 0 Å². The van der Waals surface area contributed by atoms with Crippen LogP contribution in [0.5, 0.6) is 0 Å². The molecule has 0 aromatic rings. The van der Waals surface area contributed by atoms with Crippen LogP contribution in [0.2, 0.25) is 0 Å². The number of amides is 1. The van der Waals surface area contributed by atoms with Crippen molar-refractivity contribution in [2.75, 3.05) is 7.05 Å². The van der Waals surface area contributed by atoms with Crippen molar-refractivity contribution in [3.8, 4) is 0 Å². The van der Waals surface area contributed by atoms with Crippen LogP contribution >= 0.6 is 0 Å². The summed E-state index contributed by atoms with van der Waals surface area (Å²) in [5.41, 5.74) is 0. The zero-order chi connectivity index (χ0) is 15.6. The maximum atomic E-state index is 12.4. The maximum absolute atomic E-state index is 12.4. The van der Waals surface area contributed by atoms with E-state index in [-0.39, 0.29) is 0 Å². The number of rotatable bonds is 3. The largest absolute Gasteiger partial charge is 0.343 e. The highest BCUT2D eigenvalue weighted by Crippen LogP contribution is 2.29. The Morgan fingerprint density at radius 3 is 2.05 bits per heavy atom. The third-order valence-corrected chi connectivity index (χ3v) is 6.00. The van der Waals surface area contributed by atoms with Crippen molar-refractivity contribution >= 4 is 5.91 Å². The van der Waals surface area contributed by atoms with Crippen molar-refractivity contribution in [2.45, 2.75) is 109 Å². The summed E-state index contributed by atoms with van der Waals surface area (Å²) in [5, 5.41) is 0. The predicted molar refractivity (Wildman–Crippen MR) is 93.9 cm³/mol. The van der Waals surface area contributed by atoms with Gasteiger partial charge in [0.2, 0.25) is 5.91 Å². The van der Waals surface area contributed by atoms with Gasteiger partial charge in [-0.15, -0.1) is 0 Å². The van der Waals surface area contributed by atoms with E-state index >= 15 is 0 Å². The molecule has 2 heteroatoms. The summed E-state index contributed by atoms with van der Waals surface area (Å²) in [5.74, 6) is 1.34. The Hall–Kier alpha value is -0.530. The second-order valence-corrected chi connectivity index (χ2v) is 7.75.